The average molecular weight is 348 g/mol. The Morgan fingerprint density at radius 1 is 1.32 bits per heavy atom. The number of thiophene rings is 1. The normalized spacial score (nSPS) is 12.4. The van der Waals surface area contributed by atoms with Crippen molar-refractivity contribution in [2.24, 2.45) is 4.99 Å². The Bertz CT molecular complexity index is 568. The van der Waals surface area contributed by atoms with Crippen molar-refractivity contribution in [3.05, 3.63) is 21.9 Å². The second-order valence-electron chi connectivity index (χ2n) is 4.88. The Kier molecular flexibility index (Phi) is 8.44. The molecule has 0 aliphatic heterocycles. The van der Waals surface area contributed by atoms with E-state index in [4.69, 9.17) is 4.74 Å². The number of nitrogens with one attached hydrogen (secondary N) is 2. The van der Waals surface area contributed by atoms with Gasteiger partial charge >= 0.3 is 0 Å². The van der Waals surface area contributed by atoms with Crippen LogP contribution in [0, 0.1) is 6.92 Å². The summed E-state index contributed by atoms with van der Waals surface area (Å²) in [4.78, 5) is 7.01. The van der Waals surface area contributed by atoms with Crippen LogP contribution >= 0.6 is 11.3 Å². The van der Waals surface area contributed by atoms with E-state index in [0.717, 1.165) is 12.5 Å². The molecule has 0 atom stereocenters. The number of rotatable bonds is 9. The van der Waals surface area contributed by atoms with Crippen LogP contribution < -0.4 is 10.6 Å². The molecule has 0 spiro atoms. The van der Waals surface area contributed by atoms with Gasteiger partial charge in [0.1, 0.15) is 9.84 Å². The summed E-state index contributed by atoms with van der Waals surface area (Å²) in [5.41, 5.74) is 0. The fraction of sp³-hybridized carbons (Fsp3) is 0.643. The third kappa shape index (κ3) is 9.01. The van der Waals surface area contributed by atoms with Crippen LogP contribution in [-0.4, -0.2) is 52.7 Å². The van der Waals surface area contributed by atoms with Crippen molar-refractivity contribution in [2.45, 2.75) is 20.4 Å². The maximum Gasteiger partial charge on any atom is 0.191 e. The highest BCUT2D eigenvalue weighted by Gasteiger charge is 2.02. The molecule has 0 amide bonds. The van der Waals surface area contributed by atoms with Crippen molar-refractivity contribution in [2.75, 3.05) is 38.3 Å². The first-order valence-electron chi connectivity index (χ1n) is 7.23. The fourth-order valence-corrected chi connectivity index (χ4v) is 2.86. The van der Waals surface area contributed by atoms with Crippen LogP contribution in [0.25, 0.3) is 0 Å². The number of guanidine groups is 1. The van der Waals surface area contributed by atoms with Crippen molar-refractivity contribution in [3.8, 4) is 0 Å². The Morgan fingerprint density at radius 3 is 2.68 bits per heavy atom. The number of sulfone groups is 1. The molecule has 0 saturated carbocycles. The quantitative estimate of drug-likeness (QED) is 0.398. The van der Waals surface area contributed by atoms with Crippen LogP contribution in [-0.2, 0) is 21.1 Å². The predicted molar refractivity (Wildman–Crippen MR) is 92.4 cm³/mol. The van der Waals surface area contributed by atoms with E-state index in [0.29, 0.717) is 19.7 Å². The maximum atomic E-state index is 11.0. The lowest BCUT2D eigenvalue weighted by Crippen LogP contribution is -2.39. The fourth-order valence-electron chi connectivity index (χ4n) is 1.62. The van der Waals surface area contributed by atoms with E-state index in [1.807, 2.05) is 6.92 Å². The van der Waals surface area contributed by atoms with Gasteiger partial charge in [0, 0.05) is 29.1 Å². The van der Waals surface area contributed by atoms with Crippen LogP contribution in [0.5, 0.6) is 0 Å². The summed E-state index contributed by atoms with van der Waals surface area (Å²) in [6.07, 6.45) is 1.21. The second kappa shape index (κ2) is 9.81. The summed E-state index contributed by atoms with van der Waals surface area (Å²) in [6, 6.07) is 4.17. The van der Waals surface area contributed by atoms with Gasteiger partial charge in [0.25, 0.3) is 0 Å². The topological polar surface area (TPSA) is 79.8 Å². The van der Waals surface area contributed by atoms with Gasteiger partial charge in [-0.15, -0.1) is 11.3 Å². The maximum absolute atomic E-state index is 11.0. The van der Waals surface area contributed by atoms with Crippen molar-refractivity contribution in [1.82, 2.24) is 10.6 Å². The molecule has 2 N–H and O–H groups in total. The van der Waals surface area contributed by atoms with Gasteiger partial charge in [-0.05, 0) is 26.0 Å². The van der Waals surface area contributed by atoms with Gasteiger partial charge in [0.15, 0.2) is 5.96 Å². The van der Waals surface area contributed by atoms with E-state index in [1.165, 1.54) is 16.0 Å². The summed E-state index contributed by atoms with van der Waals surface area (Å²) < 4.78 is 27.2. The molecule has 0 aliphatic carbocycles. The average Bonchev–Trinajstić information content (AvgIpc) is 2.84. The molecule has 1 aromatic heterocycles. The van der Waals surface area contributed by atoms with Gasteiger partial charge in [-0.25, -0.2) is 13.4 Å². The number of aryl methyl sites for hydroxylation is 1. The first-order chi connectivity index (χ1) is 10.4. The van der Waals surface area contributed by atoms with Crippen molar-refractivity contribution in [1.29, 1.82) is 0 Å². The summed E-state index contributed by atoms with van der Waals surface area (Å²) in [5, 5.41) is 6.33. The zero-order valence-corrected chi connectivity index (χ0v) is 15.0. The SMILES string of the molecule is CCNC(=NCc1ccc(C)s1)NCCOCCS(C)(=O)=O. The van der Waals surface area contributed by atoms with Gasteiger partial charge in [-0.2, -0.15) is 0 Å². The number of ether oxygens (including phenoxy) is 1. The molecular formula is C14H25N3O3S2. The van der Waals surface area contributed by atoms with Gasteiger partial charge < -0.3 is 15.4 Å². The molecule has 1 heterocycles. The molecule has 0 fully saturated rings. The van der Waals surface area contributed by atoms with Crippen LogP contribution in [0.4, 0.5) is 0 Å². The van der Waals surface area contributed by atoms with Gasteiger partial charge in [0.2, 0.25) is 0 Å². The van der Waals surface area contributed by atoms with E-state index in [2.05, 4.69) is 34.7 Å². The number of hydrogen-bond acceptors (Lipinski definition) is 5. The second-order valence-corrected chi connectivity index (χ2v) is 8.51. The molecule has 22 heavy (non-hydrogen) atoms. The van der Waals surface area contributed by atoms with Crippen LogP contribution in [0.15, 0.2) is 17.1 Å². The molecule has 6 nitrogen and oxygen atoms in total. The Morgan fingerprint density at radius 2 is 2.09 bits per heavy atom. The van der Waals surface area contributed by atoms with Crippen molar-refractivity contribution >= 4 is 27.1 Å². The molecule has 0 unspecified atom stereocenters. The molecule has 126 valence electrons. The lowest BCUT2D eigenvalue weighted by molar-refractivity contribution is 0.154. The van der Waals surface area contributed by atoms with Gasteiger partial charge in [-0.3, -0.25) is 0 Å². The third-order valence-corrected chi connectivity index (χ3v) is 4.56. The zero-order chi connectivity index (χ0) is 16.4. The van der Waals surface area contributed by atoms with E-state index in [9.17, 15) is 8.42 Å². The van der Waals surface area contributed by atoms with Crippen LogP contribution in [0.1, 0.15) is 16.7 Å². The third-order valence-electron chi connectivity index (χ3n) is 2.67. The number of hydrogen-bond donors (Lipinski definition) is 2. The minimum Gasteiger partial charge on any atom is -0.379 e. The van der Waals surface area contributed by atoms with Crippen molar-refractivity contribution in [3.63, 3.8) is 0 Å². The van der Waals surface area contributed by atoms with E-state index >= 15 is 0 Å². The van der Waals surface area contributed by atoms with Gasteiger partial charge in [0.05, 0.1) is 25.5 Å². The summed E-state index contributed by atoms with van der Waals surface area (Å²) in [7, 11) is -2.95. The minimum atomic E-state index is -2.95. The lowest BCUT2D eigenvalue weighted by Gasteiger charge is -2.11. The Balaban J connectivity index is 2.28. The standard InChI is InChI=1S/C14H25N3O3S2/c1-4-15-14(17-11-13-6-5-12(2)21-13)16-7-8-20-9-10-22(3,18)19/h5-6H,4,7-11H2,1-3H3,(H2,15,16,17). The summed E-state index contributed by atoms with van der Waals surface area (Å²) in [5.74, 6) is 0.791. The molecule has 0 bridgehead atoms. The minimum absolute atomic E-state index is 0.0544. The summed E-state index contributed by atoms with van der Waals surface area (Å²) >= 11 is 1.74. The Hall–Kier alpha value is -1.12. The monoisotopic (exact) mass is 347 g/mol. The first-order valence-corrected chi connectivity index (χ1v) is 10.1. The number of nitrogens with zero attached hydrogens (tertiary/aromatic N) is 1. The molecule has 1 aromatic rings. The van der Waals surface area contributed by atoms with E-state index in [1.54, 1.807) is 11.3 Å². The first kappa shape index (κ1) is 18.9. The molecule has 8 heteroatoms. The molecule has 0 radical (unpaired) electrons. The predicted octanol–water partition coefficient (Wildman–Crippen LogP) is 1.17. The molecule has 0 aliphatic rings. The number of aliphatic imine (C=N–C) groups is 1. The van der Waals surface area contributed by atoms with Crippen LogP contribution in [0.2, 0.25) is 0 Å². The van der Waals surface area contributed by atoms with Crippen LogP contribution in [0.3, 0.4) is 0 Å². The highest BCUT2D eigenvalue weighted by Crippen LogP contribution is 2.15. The highest BCUT2D eigenvalue weighted by atomic mass is 32.2. The van der Waals surface area contributed by atoms with E-state index < -0.39 is 9.84 Å². The Labute approximate surface area is 136 Å². The van der Waals surface area contributed by atoms with E-state index in [-0.39, 0.29) is 12.4 Å². The zero-order valence-electron chi connectivity index (χ0n) is 13.4. The molecule has 1 rings (SSSR count). The largest absolute Gasteiger partial charge is 0.379 e. The molecule has 0 saturated heterocycles. The van der Waals surface area contributed by atoms with Crippen molar-refractivity contribution < 1.29 is 13.2 Å². The van der Waals surface area contributed by atoms with Gasteiger partial charge in [-0.1, -0.05) is 0 Å². The molecular weight excluding hydrogens is 322 g/mol. The summed E-state index contributed by atoms with van der Waals surface area (Å²) in [6.45, 7) is 6.76. The highest BCUT2D eigenvalue weighted by molar-refractivity contribution is 7.90. The smallest absolute Gasteiger partial charge is 0.191 e. The lowest BCUT2D eigenvalue weighted by atomic mass is 10.4. The molecule has 0 aromatic carbocycles.